The molecule has 0 bridgehead atoms. The standard InChI is InChI=1S/C15H21F2N2O2PS/c1-4-21-22(23,5-2)19-6-7-20-15(19)18-11(3)12-8-13(16)10-14(17)9-12/h8-11H,4-7H2,1-3H3/b18-15-. The molecule has 2 atom stereocenters. The van der Waals surface area contributed by atoms with E-state index in [1.54, 1.807) is 6.92 Å². The third-order valence-electron chi connectivity index (χ3n) is 3.52. The minimum absolute atomic E-state index is 0.404. The van der Waals surface area contributed by atoms with Gasteiger partial charge in [-0.2, -0.15) is 0 Å². The number of halogens is 2. The van der Waals surface area contributed by atoms with Crippen molar-refractivity contribution in [3.8, 4) is 0 Å². The molecule has 2 unspecified atom stereocenters. The summed E-state index contributed by atoms with van der Waals surface area (Å²) >= 11 is 5.68. The van der Waals surface area contributed by atoms with Gasteiger partial charge in [0.15, 0.2) is 6.42 Å². The van der Waals surface area contributed by atoms with Gasteiger partial charge in [-0.05, 0) is 43.4 Å². The Bertz CT molecular complexity index is 622. The first-order valence-corrected chi connectivity index (χ1v) is 10.4. The van der Waals surface area contributed by atoms with Crippen LogP contribution >= 0.6 is 6.42 Å². The Labute approximate surface area is 140 Å². The summed E-state index contributed by atoms with van der Waals surface area (Å²) in [6, 6.07) is 3.34. The minimum Gasteiger partial charge on any atom is -0.463 e. The Balaban J connectivity index is 2.27. The minimum atomic E-state index is -2.21. The number of benzene rings is 1. The van der Waals surface area contributed by atoms with Crippen LogP contribution in [0.5, 0.6) is 0 Å². The zero-order valence-corrected chi connectivity index (χ0v) is 15.2. The SMILES string of the molecule is CCOP(=S)(CC)N1CCO/C1=N\C(C)c1cc(F)cc(F)c1. The van der Waals surface area contributed by atoms with Crippen molar-refractivity contribution >= 4 is 24.2 Å². The molecule has 1 fully saturated rings. The summed E-state index contributed by atoms with van der Waals surface area (Å²) in [5.41, 5.74) is 0.451. The van der Waals surface area contributed by atoms with Crippen molar-refractivity contribution in [2.24, 2.45) is 4.99 Å². The number of aliphatic imine (C=N–C) groups is 1. The van der Waals surface area contributed by atoms with E-state index in [-0.39, 0.29) is 0 Å². The summed E-state index contributed by atoms with van der Waals surface area (Å²) in [6.45, 7) is 7.28. The van der Waals surface area contributed by atoms with Gasteiger partial charge < -0.3 is 9.26 Å². The van der Waals surface area contributed by atoms with Crippen LogP contribution in [0.4, 0.5) is 8.78 Å². The van der Waals surface area contributed by atoms with E-state index < -0.39 is 24.1 Å². The van der Waals surface area contributed by atoms with Crippen LogP contribution in [0.3, 0.4) is 0 Å². The van der Waals surface area contributed by atoms with E-state index >= 15 is 0 Å². The van der Waals surface area contributed by atoms with Crippen molar-refractivity contribution in [3.05, 3.63) is 35.4 Å². The second-order valence-electron chi connectivity index (χ2n) is 5.13. The lowest BCUT2D eigenvalue weighted by Crippen LogP contribution is -2.25. The maximum atomic E-state index is 13.4. The molecule has 0 aliphatic carbocycles. The molecule has 0 amide bonds. The normalized spacial score (nSPS) is 20.4. The van der Waals surface area contributed by atoms with Crippen LogP contribution in [0.2, 0.25) is 0 Å². The van der Waals surface area contributed by atoms with E-state index in [2.05, 4.69) is 4.99 Å². The van der Waals surface area contributed by atoms with E-state index in [1.807, 2.05) is 18.5 Å². The molecule has 1 aliphatic heterocycles. The van der Waals surface area contributed by atoms with Gasteiger partial charge in [0.25, 0.3) is 6.02 Å². The second-order valence-corrected chi connectivity index (χ2v) is 9.49. The van der Waals surface area contributed by atoms with Crippen LogP contribution in [0.25, 0.3) is 0 Å². The van der Waals surface area contributed by atoms with Crippen LogP contribution in [0, 0.1) is 11.6 Å². The highest BCUT2D eigenvalue weighted by atomic mass is 32.4. The zero-order chi connectivity index (χ0) is 17.0. The summed E-state index contributed by atoms with van der Waals surface area (Å²) < 4.78 is 40.0. The molecular weight excluding hydrogens is 341 g/mol. The Morgan fingerprint density at radius 3 is 2.57 bits per heavy atom. The van der Waals surface area contributed by atoms with Gasteiger partial charge in [0, 0.05) is 12.2 Å². The quantitative estimate of drug-likeness (QED) is 0.714. The van der Waals surface area contributed by atoms with E-state index in [0.717, 1.165) is 6.07 Å². The molecule has 1 heterocycles. The fourth-order valence-corrected chi connectivity index (χ4v) is 4.96. The van der Waals surface area contributed by atoms with Crippen molar-refractivity contribution in [2.45, 2.75) is 26.8 Å². The molecule has 2 rings (SSSR count). The maximum absolute atomic E-state index is 13.4. The fourth-order valence-electron chi connectivity index (χ4n) is 2.37. The van der Waals surface area contributed by atoms with Gasteiger partial charge >= 0.3 is 0 Å². The molecule has 1 saturated heterocycles. The zero-order valence-electron chi connectivity index (χ0n) is 13.5. The van der Waals surface area contributed by atoms with Crippen molar-refractivity contribution < 1.29 is 18.0 Å². The lowest BCUT2D eigenvalue weighted by atomic mass is 10.1. The van der Waals surface area contributed by atoms with E-state index in [9.17, 15) is 8.78 Å². The number of hydrogen-bond donors (Lipinski definition) is 0. The molecule has 8 heteroatoms. The number of rotatable bonds is 6. The number of amidine groups is 1. The third-order valence-corrected chi connectivity index (χ3v) is 7.77. The Morgan fingerprint density at radius 1 is 1.35 bits per heavy atom. The molecule has 0 spiro atoms. The largest absolute Gasteiger partial charge is 0.463 e. The monoisotopic (exact) mass is 362 g/mol. The van der Waals surface area contributed by atoms with Gasteiger partial charge in [0.1, 0.15) is 18.2 Å². The van der Waals surface area contributed by atoms with Gasteiger partial charge in [-0.3, -0.25) is 4.67 Å². The first-order chi connectivity index (χ1) is 10.9. The van der Waals surface area contributed by atoms with E-state index in [4.69, 9.17) is 21.1 Å². The third kappa shape index (κ3) is 4.28. The maximum Gasteiger partial charge on any atom is 0.293 e. The van der Waals surface area contributed by atoms with E-state index in [1.165, 1.54) is 12.1 Å². The van der Waals surface area contributed by atoms with Gasteiger partial charge in [-0.25, -0.2) is 13.8 Å². The summed E-state index contributed by atoms with van der Waals surface area (Å²) in [6.07, 6.45) is -1.51. The molecule has 0 N–H and O–H groups in total. The molecule has 1 aromatic carbocycles. The Morgan fingerprint density at radius 2 is 2.00 bits per heavy atom. The average Bonchev–Trinajstić information content (AvgIpc) is 2.95. The highest BCUT2D eigenvalue weighted by molar-refractivity contribution is 8.11. The highest BCUT2D eigenvalue weighted by Gasteiger charge is 2.33. The van der Waals surface area contributed by atoms with Crippen LogP contribution in [0.1, 0.15) is 32.4 Å². The second kappa shape index (κ2) is 7.69. The molecule has 4 nitrogen and oxygen atoms in total. The predicted molar refractivity (Wildman–Crippen MR) is 91.3 cm³/mol. The molecule has 1 aliphatic rings. The van der Waals surface area contributed by atoms with Crippen molar-refractivity contribution in [1.29, 1.82) is 0 Å². The van der Waals surface area contributed by atoms with Crippen LogP contribution in [-0.2, 0) is 21.1 Å². The summed E-state index contributed by atoms with van der Waals surface area (Å²) in [5.74, 6) is -1.24. The number of nitrogens with zero attached hydrogens (tertiary/aromatic N) is 2. The van der Waals surface area contributed by atoms with Crippen LogP contribution < -0.4 is 0 Å². The van der Waals surface area contributed by atoms with Crippen molar-refractivity contribution in [2.75, 3.05) is 25.9 Å². The van der Waals surface area contributed by atoms with Gasteiger partial charge in [0.2, 0.25) is 0 Å². The molecular formula is C15H21F2N2O2PS. The number of hydrogen-bond acceptors (Lipinski definition) is 4. The highest BCUT2D eigenvalue weighted by Crippen LogP contribution is 2.52. The predicted octanol–water partition coefficient (Wildman–Crippen LogP) is 4.08. The molecule has 128 valence electrons. The Hall–Kier alpha value is -1.04. The van der Waals surface area contributed by atoms with Gasteiger partial charge in [-0.1, -0.05) is 6.92 Å². The topological polar surface area (TPSA) is 34.1 Å². The molecule has 0 radical (unpaired) electrons. The Kier molecular flexibility index (Phi) is 6.12. The van der Waals surface area contributed by atoms with Gasteiger partial charge in [-0.15, -0.1) is 0 Å². The molecule has 1 aromatic rings. The van der Waals surface area contributed by atoms with Crippen LogP contribution in [-0.4, -0.2) is 36.6 Å². The molecule has 23 heavy (non-hydrogen) atoms. The van der Waals surface area contributed by atoms with Crippen molar-refractivity contribution in [1.82, 2.24) is 4.67 Å². The molecule has 0 saturated carbocycles. The van der Waals surface area contributed by atoms with E-state index in [0.29, 0.717) is 37.5 Å². The lowest BCUT2D eigenvalue weighted by Gasteiger charge is -2.30. The number of ether oxygens (including phenoxy) is 1. The summed E-state index contributed by atoms with van der Waals surface area (Å²) in [5, 5.41) is 0. The van der Waals surface area contributed by atoms with Crippen LogP contribution in [0.15, 0.2) is 23.2 Å². The first kappa shape index (κ1) is 18.3. The summed E-state index contributed by atoms with van der Waals surface area (Å²) in [7, 11) is 0. The van der Waals surface area contributed by atoms with Crippen molar-refractivity contribution in [3.63, 3.8) is 0 Å². The fraction of sp³-hybridized carbons (Fsp3) is 0.533. The smallest absolute Gasteiger partial charge is 0.293 e. The average molecular weight is 362 g/mol. The van der Waals surface area contributed by atoms with Gasteiger partial charge in [0.05, 0.1) is 19.2 Å². The summed E-state index contributed by atoms with van der Waals surface area (Å²) in [4.78, 5) is 4.47. The molecule has 0 aromatic heterocycles. The lowest BCUT2D eigenvalue weighted by molar-refractivity contribution is 0.346. The first-order valence-electron chi connectivity index (χ1n) is 7.57.